The topological polar surface area (TPSA) is 76.4 Å². The number of aliphatic hydroxyl groups is 1. The normalized spacial score (nSPS) is 13.4. The van der Waals surface area contributed by atoms with Crippen LogP contribution in [0.4, 0.5) is 0 Å². The zero-order valence-electron chi connectivity index (χ0n) is 7.26. The summed E-state index contributed by atoms with van der Waals surface area (Å²) < 4.78 is 2.56. The summed E-state index contributed by atoms with van der Waals surface area (Å²) in [6.07, 6.45) is 5.06. The van der Waals surface area contributed by atoms with Crippen molar-refractivity contribution in [3.05, 3.63) is 28.9 Å². The number of hydrogen-bond donors (Lipinski definition) is 2. The number of aliphatic hydroxyl groups excluding tert-OH is 1. The van der Waals surface area contributed by atoms with E-state index >= 15 is 0 Å². The molecular formula is C8H9BrN4O. The van der Waals surface area contributed by atoms with Crippen molar-refractivity contribution < 1.29 is 5.11 Å². The van der Waals surface area contributed by atoms with E-state index in [9.17, 15) is 0 Å². The quantitative estimate of drug-likeness (QED) is 0.820. The number of hydrogen-bond acceptors (Lipinski definition) is 4. The second-order valence-corrected chi connectivity index (χ2v) is 3.78. The molecule has 0 amide bonds. The van der Waals surface area contributed by atoms with Crippen molar-refractivity contribution in [2.75, 3.05) is 6.61 Å². The van der Waals surface area contributed by atoms with E-state index in [1.165, 1.54) is 0 Å². The van der Waals surface area contributed by atoms with Gasteiger partial charge >= 0.3 is 0 Å². The van der Waals surface area contributed by atoms with Gasteiger partial charge in [-0.05, 0) is 15.9 Å². The number of nitrogens with zero attached hydrogens (tertiary/aromatic N) is 3. The average molecular weight is 257 g/mol. The molecule has 0 aliphatic heterocycles. The van der Waals surface area contributed by atoms with Crippen molar-refractivity contribution in [1.82, 2.24) is 14.4 Å². The molecule has 0 radical (unpaired) electrons. The highest BCUT2D eigenvalue weighted by Gasteiger charge is 2.10. The van der Waals surface area contributed by atoms with E-state index < -0.39 is 6.04 Å². The predicted octanol–water partition coefficient (Wildman–Crippen LogP) is 0.484. The maximum atomic E-state index is 8.88. The number of fused-ring (bicyclic) bond motifs is 1. The minimum absolute atomic E-state index is 0.116. The lowest BCUT2D eigenvalue weighted by molar-refractivity contribution is 0.266. The van der Waals surface area contributed by atoms with Crippen molar-refractivity contribution in [3.8, 4) is 0 Å². The van der Waals surface area contributed by atoms with Crippen LogP contribution in [0.1, 0.15) is 11.7 Å². The summed E-state index contributed by atoms with van der Waals surface area (Å²) in [5.41, 5.74) is 7.05. The fourth-order valence-corrected chi connectivity index (χ4v) is 1.59. The Bertz CT molecular complexity index is 456. The zero-order chi connectivity index (χ0) is 10.1. The smallest absolute Gasteiger partial charge is 0.154 e. The van der Waals surface area contributed by atoms with E-state index in [1.807, 2.05) is 0 Å². The number of aromatic nitrogens is 3. The Morgan fingerprint density at radius 1 is 1.64 bits per heavy atom. The van der Waals surface area contributed by atoms with Crippen LogP contribution in [0.25, 0.3) is 5.65 Å². The van der Waals surface area contributed by atoms with Crippen LogP contribution in [-0.4, -0.2) is 26.1 Å². The molecule has 0 bridgehead atoms. The highest BCUT2D eigenvalue weighted by Crippen LogP contribution is 2.17. The highest BCUT2D eigenvalue weighted by atomic mass is 79.9. The van der Waals surface area contributed by atoms with Crippen LogP contribution in [0.15, 0.2) is 23.2 Å². The number of imidazole rings is 1. The number of nitrogens with two attached hydrogens (primary N) is 1. The van der Waals surface area contributed by atoms with E-state index in [1.54, 1.807) is 23.1 Å². The number of halogens is 1. The Labute approximate surface area is 88.7 Å². The molecule has 3 N–H and O–H groups in total. The zero-order valence-corrected chi connectivity index (χ0v) is 8.85. The van der Waals surface area contributed by atoms with Gasteiger partial charge in [-0.25, -0.2) is 9.97 Å². The van der Waals surface area contributed by atoms with Crippen LogP contribution in [0.2, 0.25) is 0 Å². The SMILES string of the molecule is NC(CO)c1cn2cncc(Br)c2n1. The van der Waals surface area contributed by atoms with Crippen molar-refractivity contribution in [2.45, 2.75) is 6.04 Å². The summed E-state index contributed by atoms with van der Waals surface area (Å²) >= 11 is 3.33. The summed E-state index contributed by atoms with van der Waals surface area (Å²) in [6, 6.07) is -0.443. The van der Waals surface area contributed by atoms with Gasteiger partial charge in [0.2, 0.25) is 0 Å². The van der Waals surface area contributed by atoms with Gasteiger partial charge in [0, 0.05) is 12.4 Å². The molecule has 0 aliphatic carbocycles. The lowest BCUT2D eigenvalue weighted by Gasteiger charge is -2.01. The molecule has 0 spiro atoms. The molecule has 5 nitrogen and oxygen atoms in total. The largest absolute Gasteiger partial charge is 0.394 e. The first-order valence-corrected chi connectivity index (χ1v) is 4.86. The fourth-order valence-electron chi connectivity index (χ4n) is 1.18. The molecule has 74 valence electrons. The Balaban J connectivity index is 2.56. The lowest BCUT2D eigenvalue weighted by Crippen LogP contribution is -2.14. The molecule has 2 aromatic heterocycles. The molecule has 1 atom stereocenters. The van der Waals surface area contributed by atoms with Crippen LogP contribution in [0.5, 0.6) is 0 Å². The van der Waals surface area contributed by atoms with Crippen LogP contribution >= 0.6 is 15.9 Å². The van der Waals surface area contributed by atoms with E-state index in [0.29, 0.717) is 5.69 Å². The van der Waals surface area contributed by atoms with E-state index in [-0.39, 0.29) is 6.61 Å². The third-order valence-corrected chi connectivity index (χ3v) is 2.48. The molecule has 0 saturated carbocycles. The number of rotatable bonds is 2. The van der Waals surface area contributed by atoms with Gasteiger partial charge in [-0.1, -0.05) is 0 Å². The van der Waals surface area contributed by atoms with Gasteiger partial charge in [-0.2, -0.15) is 0 Å². The fraction of sp³-hybridized carbons (Fsp3) is 0.250. The molecule has 0 saturated heterocycles. The molecule has 0 aliphatic rings. The second-order valence-electron chi connectivity index (χ2n) is 2.93. The predicted molar refractivity (Wildman–Crippen MR) is 54.7 cm³/mol. The van der Waals surface area contributed by atoms with Crippen molar-refractivity contribution >= 4 is 21.6 Å². The maximum absolute atomic E-state index is 8.88. The second kappa shape index (κ2) is 3.64. The molecule has 14 heavy (non-hydrogen) atoms. The average Bonchev–Trinajstić information content (AvgIpc) is 2.62. The standard InChI is InChI=1S/C8H9BrN4O/c9-5-1-11-4-13-2-7(6(10)3-14)12-8(5)13/h1-2,4,6,14H,3,10H2. The molecule has 1 unspecified atom stereocenters. The third kappa shape index (κ3) is 1.52. The molecule has 2 heterocycles. The van der Waals surface area contributed by atoms with Crippen molar-refractivity contribution in [1.29, 1.82) is 0 Å². The van der Waals surface area contributed by atoms with Crippen LogP contribution in [-0.2, 0) is 0 Å². The third-order valence-electron chi connectivity index (χ3n) is 1.92. The highest BCUT2D eigenvalue weighted by molar-refractivity contribution is 9.10. The molecule has 2 aromatic rings. The van der Waals surface area contributed by atoms with Gasteiger partial charge in [0.05, 0.1) is 22.8 Å². The first kappa shape index (κ1) is 9.57. The maximum Gasteiger partial charge on any atom is 0.154 e. The van der Waals surface area contributed by atoms with Gasteiger partial charge in [0.25, 0.3) is 0 Å². The Hall–Kier alpha value is -0.980. The van der Waals surface area contributed by atoms with Gasteiger partial charge < -0.3 is 10.8 Å². The van der Waals surface area contributed by atoms with Crippen molar-refractivity contribution in [3.63, 3.8) is 0 Å². The minimum atomic E-state index is -0.443. The molecule has 0 aromatic carbocycles. The minimum Gasteiger partial charge on any atom is -0.394 e. The first-order valence-electron chi connectivity index (χ1n) is 4.07. The molecule has 2 rings (SSSR count). The summed E-state index contributed by atoms with van der Waals surface area (Å²) in [5, 5.41) is 8.88. The Morgan fingerprint density at radius 3 is 3.07 bits per heavy atom. The van der Waals surface area contributed by atoms with E-state index in [2.05, 4.69) is 25.9 Å². The van der Waals surface area contributed by atoms with Gasteiger partial charge in [-0.3, -0.25) is 4.40 Å². The molecular weight excluding hydrogens is 248 g/mol. The Morgan fingerprint density at radius 2 is 2.43 bits per heavy atom. The van der Waals surface area contributed by atoms with Crippen LogP contribution in [0, 0.1) is 0 Å². The lowest BCUT2D eigenvalue weighted by atomic mass is 10.2. The van der Waals surface area contributed by atoms with Gasteiger partial charge in [-0.15, -0.1) is 0 Å². The Kier molecular flexibility index (Phi) is 2.49. The summed E-state index contributed by atoms with van der Waals surface area (Å²) in [6.45, 7) is -0.116. The summed E-state index contributed by atoms with van der Waals surface area (Å²) in [5.74, 6) is 0. The van der Waals surface area contributed by atoms with Crippen molar-refractivity contribution in [2.24, 2.45) is 5.73 Å². The van der Waals surface area contributed by atoms with Crippen LogP contribution < -0.4 is 5.73 Å². The van der Waals surface area contributed by atoms with Crippen LogP contribution in [0.3, 0.4) is 0 Å². The van der Waals surface area contributed by atoms with Gasteiger partial charge in [0.1, 0.15) is 6.33 Å². The monoisotopic (exact) mass is 256 g/mol. The van der Waals surface area contributed by atoms with Gasteiger partial charge in [0.15, 0.2) is 5.65 Å². The summed E-state index contributed by atoms with van der Waals surface area (Å²) in [7, 11) is 0. The molecule has 6 heteroatoms. The summed E-state index contributed by atoms with van der Waals surface area (Å²) in [4.78, 5) is 8.26. The molecule has 0 fully saturated rings. The van der Waals surface area contributed by atoms with E-state index in [4.69, 9.17) is 10.8 Å². The van der Waals surface area contributed by atoms with E-state index in [0.717, 1.165) is 10.1 Å². The first-order chi connectivity index (χ1) is 6.72.